The van der Waals surface area contributed by atoms with Crippen LogP contribution in [0.25, 0.3) is 11.3 Å². The molecule has 30 heavy (non-hydrogen) atoms. The van der Waals surface area contributed by atoms with Crippen molar-refractivity contribution < 1.29 is 19.1 Å². The maximum atomic E-state index is 11.9. The Labute approximate surface area is 174 Å². The largest absolute Gasteiger partial charge is 0.455 e. The van der Waals surface area contributed by atoms with Crippen molar-refractivity contribution in [2.24, 2.45) is 5.10 Å². The molecule has 10 nitrogen and oxygen atoms in total. The summed E-state index contributed by atoms with van der Waals surface area (Å²) in [6.07, 6.45) is 1.23. The zero-order valence-electron chi connectivity index (χ0n) is 15.1. The second kappa shape index (κ2) is 8.97. The summed E-state index contributed by atoms with van der Waals surface area (Å²) >= 11 is 5.80. The molecular formula is C19H13ClN4O6. The van der Waals surface area contributed by atoms with Crippen molar-refractivity contribution in [3.8, 4) is 11.3 Å². The van der Waals surface area contributed by atoms with Crippen LogP contribution in [-0.2, 0) is 11.2 Å². The lowest BCUT2D eigenvalue weighted by molar-refractivity contribution is -0.384. The van der Waals surface area contributed by atoms with Gasteiger partial charge in [0.15, 0.2) is 0 Å². The molecule has 0 aliphatic carbocycles. The fourth-order valence-corrected chi connectivity index (χ4v) is 2.73. The van der Waals surface area contributed by atoms with Crippen molar-refractivity contribution in [1.82, 2.24) is 5.43 Å². The molecule has 0 atom stereocenters. The third-order valence-electron chi connectivity index (χ3n) is 3.94. The highest BCUT2D eigenvalue weighted by Crippen LogP contribution is 2.33. The van der Waals surface area contributed by atoms with E-state index in [1.807, 2.05) is 0 Å². The first-order chi connectivity index (χ1) is 14.3. The molecule has 0 fully saturated rings. The number of furan rings is 1. The van der Waals surface area contributed by atoms with Gasteiger partial charge in [-0.1, -0.05) is 23.7 Å². The van der Waals surface area contributed by atoms with Crippen molar-refractivity contribution in [2.75, 3.05) is 0 Å². The van der Waals surface area contributed by atoms with Gasteiger partial charge < -0.3 is 4.42 Å². The molecule has 0 aliphatic rings. The first-order valence-corrected chi connectivity index (χ1v) is 8.80. The molecule has 0 saturated heterocycles. The maximum Gasteiger partial charge on any atom is 0.281 e. The summed E-state index contributed by atoms with van der Waals surface area (Å²) < 4.78 is 5.52. The van der Waals surface area contributed by atoms with E-state index in [2.05, 4.69) is 10.5 Å². The number of nitrogens with zero attached hydrogens (tertiary/aromatic N) is 3. The van der Waals surface area contributed by atoms with Gasteiger partial charge in [0.1, 0.15) is 11.5 Å². The molecular weight excluding hydrogens is 416 g/mol. The van der Waals surface area contributed by atoms with Gasteiger partial charge in [-0.05, 0) is 29.8 Å². The molecule has 0 aliphatic heterocycles. The van der Waals surface area contributed by atoms with Gasteiger partial charge in [-0.2, -0.15) is 5.10 Å². The number of non-ortho nitro benzene ring substituents is 1. The van der Waals surface area contributed by atoms with Crippen LogP contribution < -0.4 is 5.43 Å². The number of benzene rings is 2. The number of carbonyl (C=O) groups excluding carboxylic acids is 1. The molecule has 3 rings (SSSR count). The summed E-state index contributed by atoms with van der Waals surface area (Å²) in [6, 6.07) is 12.9. The predicted molar refractivity (Wildman–Crippen MR) is 108 cm³/mol. The number of hydrogen-bond donors (Lipinski definition) is 1. The van der Waals surface area contributed by atoms with Crippen LogP contribution in [0.4, 0.5) is 11.4 Å². The molecule has 0 radical (unpaired) electrons. The van der Waals surface area contributed by atoms with E-state index in [1.54, 1.807) is 6.07 Å². The molecule has 0 bridgehead atoms. The average Bonchev–Trinajstić information content (AvgIpc) is 3.17. The number of halogens is 1. The molecule has 3 aromatic rings. The molecule has 1 N–H and O–H groups in total. The molecule has 11 heteroatoms. The van der Waals surface area contributed by atoms with Gasteiger partial charge in [0, 0.05) is 23.2 Å². The lowest BCUT2D eigenvalue weighted by Gasteiger charge is -2.00. The average molecular weight is 429 g/mol. The highest BCUT2D eigenvalue weighted by atomic mass is 35.5. The zero-order valence-corrected chi connectivity index (χ0v) is 15.9. The van der Waals surface area contributed by atoms with Crippen molar-refractivity contribution in [1.29, 1.82) is 0 Å². The van der Waals surface area contributed by atoms with Crippen LogP contribution in [0.3, 0.4) is 0 Å². The van der Waals surface area contributed by atoms with Gasteiger partial charge in [0.25, 0.3) is 11.4 Å². The van der Waals surface area contributed by atoms with E-state index in [9.17, 15) is 25.0 Å². The van der Waals surface area contributed by atoms with E-state index >= 15 is 0 Å². The van der Waals surface area contributed by atoms with Crippen molar-refractivity contribution in [3.05, 3.63) is 91.2 Å². The monoisotopic (exact) mass is 428 g/mol. The Hall–Kier alpha value is -4.05. The number of nitro groups is 2. The standard InChI is InChI=1S/C19H13ClN4O6/c20-13-3-7-16(17(10-13)24(28)29)18-8-6-15(30-18)11-21-22-19(25)9-12-1-4-14(5-2-12)23(26)27/h1-8,10-11H,9H2,(H,22,25)/b21-11-. The number of carbonyl (C=O) groups is 1. The Kier molecular flexibility index (Phi) is 6.18. The first-order valence-electron chi connectivity index (χ1n) is 8.43. The van der Waals surface area contributed by atoms with Crippen LogP contribution in [0.15, 0.2) is 64.1 Å². The van der Waals surface area contributed by atoms with Crippen LogP contribution >= 0.6 is 11.6 Å². The fraction of sp³-hybridized carbons (Fsp3) is 0.0526. The SMILES string of the molecule is O=C(Cc1ccc([N+](=O)[O-])cc1)N/N=C\c1ccc(-c2ccc(Cl)cc2[N+](=O)[O-])o1. The van der Waals surface area contributed by atoms with Gasteiger partial charge in [0.05, 0.1) is 28.0 Å². The van der Waals surface area contributed by atoms with E-state index in [-0.39, 0.29) is 39.9 Å². The van der Waals surface area contributed by atoms with Gasteiger partial charge in [-0.25, -0.2) is 5.43 Å². The highest BCUT2D eigenvalue weighted by Gasteiger charge is 2.18. The minimum absolute atomic E-state index is 0.0181. The minimum atomic E-state index is -0.560. The lowest BCUT2D eigenvalue weighted by Crippen LogP contribution is -2.19. The molecule has 2 aromatic carbocycles. The smallest absolute Gasteiger partial charge is 0.281 e. The number of hydrazone groups is 1. The second-order valence-electron chi connectivity index (χ2n) is 6.01. The molecule has 1 amide bonds. The van der Waals surface area contributed by atoms with E-state index in [0.717, 1.165) is 0 Å². The predicted octanol–water partition coefficient (Wildman–Crippen LogP) is 4.11. The maximum absolute atomic E-state index is 11.9. The Balaban J connectivity index is 1.63. The quantitative estimate of drug-likeness (QED) is 0.341. The minimum Gasteiger partial charge on any atom is -0.455 e. The van der Waals surface area contributed by atoms with Crippen molar-refractivity contribution in [3.63, 3.8) is 0 Å². The summed E-state index contributed by atoms with van der Waals surface area (Å²) in [4.78, 5) is 32.7. The Morgan fingerprint density at radius 2 is 1.80 bits per heavy atom. The van der Waals surface area contributed by atoms with Gasteiger partial charge in [0.2, 0.25) is 5.91 Å². The summed E-state index contributed by atoms with van der Waals surface area (Å²) in [5, 5.41) is 25.8. The van der Waals surface area contributed by atoms with Gasteiger partial charge in [-0.3, -0.25) is 25.0 Å². The summed E-state index contributed by atoms with van der Waals surface area (Å²) in [5.74, 6) is 0.0853. The van der Waals surface area contributed by atoms with Gasteiger partial charge in [-0.15, -0.1) is 0 Å². The van der Waals surface area contributed by atoms with Crippen molar-refractivity contribution >= 4 is 35.1 Å². The van der Waals surface area contributed by atoms with Crippen LogP contribution in [0.5, 0.6) is 0 Å². The highest BCUT2D eigenvalue weighted by molar-refractivity contribution is 6.30. The normalized spacial score (nSPS) is 10.8. The Morgan fingerprint density at radius 1 is 1.07 bits per heavy atom. The number of rotatable bonds is 7. The number of nitro benzene ring substituents is 2. The van der Waals surface area contributed by atoms with Gasteiger partial charge >= 0.3 is 0 Å². The van der Waals surface area contributed by atoms with E-state index in [1.165, 1.54) is 54.7 Å². The molecule has 152 valence electrons. The summed E-state index contributed by atoms with van der Waals surface area (Å²) in [5.41, 5.74) is 2.90. The third-order valence-corrected chi connectivity index (χ3v) is 4.18. The van der Waals surface area contributed by atoms with E-state index < -0.39 is 15.8 Å². The number of hydrogen-bond acceptors (Lipinski definition) is 7. The molecule has 0 saturated carbocycles. The van der Waals surface area contributed by atoms with E-state index in [0.29, 0.717) is 5.56 Å². The molecule has 1 heterocycles. The topological polar surface area (TPSA) is 141 Å². The first kappa shape index (κ1) is 20.7. The zero-order chi connectivity index (χ0) is 21.7. The lowest BCUT2D eigenvalue weighted by atomic mass is 10.1. The summed E-state index contributed by atoms with van der Waals surface area (Å²) in [7, 11) is 0. The van der Waals surface area contributed by atoms with E-state index in [4.69, 9.17) is 16.0 Å². The molecule has 1 aromatic heterocycles. The fourth-order valence-electron chi connectivity index (χ4n) is 2.56. The Morgan fingerprint density at radius 3 is 2.47 bits per heavy atom. The second-order valence-corrected chi connectivity index (χ2v) is 6.45. The van der Waals surface area contributed by atoms with Crippen LogP contribution in [0.1, 0.15) is 11.3 Å². The molecule has 0 spiro atoms. The third kappa shape index (κ3) is 5.06. The van der Waals surface area contributed by atoms with Crippen LogP contribution in [0, 0.1) is 20.2 Å². The van der Waals surface area contributed by atoms with Crippen LogP contribution in [-0.4, -0.2) is 22.0 Å². The Bertz CT molecular complexity index is 1140. The molecule has 0 unspecified atom stereocenters. The summed E-state index contributed by atoms with van der Waals surface area (Å²) in [6.45, 7) is 0. The number of amides is 1. The van der Waals surface area contributed by atoms with Crippen molar-refractivity contribution in [2.45, 2.75) is 6.42 Å². The number of nitrogens with one attached hydrogen (secondary N) is 1. The van der Waals surface area contributed by atoms with Crippen LogP contribution in [0.2, 0.25) is 5.02 Å².